The number of ether oxygens (including phenoxy) is 1. The lowest BCUT2D eigenvalue weighted by atomic mass is 9.77. The summed E-state index contributed by atoms with van der Waals surface area (Å²) in [5, 5.41) is 0. The molecule has 1 heterocycles. The van der Waals surface area contributed by atoms with E-state index in [1.807, 2.05) is 18.2 Å². The molecule has 1 aromatic carbocycles. The molecule has 2 fully saturated rings. The molecule has 2 aliphatic rings. The van der Waals surface area contributed by atoms with E-state index in [0.717, 1.165) is 18.6 Å². The fraction of sp³-hybridized carbons (Fsp3) is 0.562. The monoisotopic (exact) mass is 244 g/mol. The first-order valence-electron chi connectivity index (χ1n) is 7.02. The van der Waals surface area contributed by atoms with Gasteiger partial charge in [-0.3, -0.25) is 4.79 Å². The van der Waals surface area contributed by atoms with E-state index in [9.17, 15) is 4.79 Å². The smallest absolute Gasteiger partial charge is 0.192 e. The predicted octanol–water partition coefficient (Wildman–Crippen LogP) is 3.56. The molecule has 3 rings (SSSR count). The zero-order valence-corrected chi connectivity index (χ0v) is 10.9. The van der Waals surface area contributed by atoms with E-state index in [1.54, 1.807) is 0 Å². The number of ketones is 1. The summed E-state index contributed by atoms with van der Waals surface area (Å²) in [5.74, 6) is 1.15. The van der Waals surface area contributed by atoms with Gasteiger partial charge in [-0.25, -0.2) is 0 Å². The molecule has 0 bridgehead atoms. The van der Waals surface area contributed by atoms with Crippen LogP contribution < -0.4 is 0 Å². The number of rotatable bonds is 3. The molecule has 2 nitrogen and oxygen atoms in total. The summed E-state index contributed by atoms with van der Waals surface area (Å²) in [7, 11) is 0. The molecule has 1 aromatic rings. The Labute approximate surface area is 108 Å². The van der Waals surface area contributed by atoms with E-state index in [-0.39, 0.29) is 11.9 Å². The van der Waals surface area contributed by atoms with Crippen LogP contribution in [0.3, 0.4) is 0 Å². The maximum atomic E-state index is 12.6. The van der Waals surface area contributed by atoms with Crippen molar-refractivity contribution in [2.75, 3.05) is 6.61 Å². The zero-order valence-electron chi connectivity index (χ0n) is 10.9. The van der Waals surface area contributed by atoms with Crippen LogP contribution in [0.2, 0.25) is 0 Å². The van der Waals surface area contributed by atoms with Crippen LogP contribution in [0.1, 0.15) is 54.4 Å². The third kappa shape index (κ3) is 1.99. The average molecular weight is 244 g/mol. The van der Waals surface area contributed by atoms with Gasteiger partial charge in [0.05, 0.1) is 0 Å². The van der Waals surface area contributed by atoms with E-state index in [2.05, 4.69) is 13.0 Å². The lowest BCUT2D eigenvalue weighted by Crippen LogP contribution is -2.27. The summed E-state index contributed by atoms with van der Waals surface area (Å²) >= 11 is 0. The van der Waals surface area contributed by atoms with E-state index >= 15 is 0 Å². The zero-order chi connectivity index (χ0) is 12.5. The first-order chi connectivity index (χ1) is 8.77. The number of carbonyl (C=O) groups is 1. The molecule has 18 heavy (non-hydrogen) atoms. The normalized spacial score (nSPS) is 28.1. The first kappa shape index (κ1) is 11.9. The van der Waals surface area contributed by atoms with Gasteiger partial charge < -0.3 is 4.74 Å². The van der Waals surface area contributed by atoms with E-state index in [0.29, 0.717) is 11.8 Å². The Hall–Kier alpha value is -1.15. The summed E-state index contributed by atoms with van der Waals surface area (Å²) in [6.45, 7) is 2.84. The van der Waals surface area contributed by atoms with Gasteiger partial charge in [0.15, 0.2) is 5.78 Å². The highest BCUT2D eigenvalue weighted by Crippen LogP contribution is 2.38. The minimum Gasteiger partial charge on any atom is -0.370 e. The Morgan fingerprint density at radius 2 is 2.00 bits per heavy atom. The summed E-state index contributed by atoms with van der Waals surface area (Å²) in [4.78, 5) is 12.6. The number of benzene rings is 1. The quantitative estimate of drug-likeness (QED) is 0.760. The molecule has 0 N–H and O–H groups in total. The minimum absolute atomic E-state index is 0.197. The van der Waals surface area contributed by atoms with E-state index < -0.39 is 0 Å². The van der Waals surface area contributed by atoms with Gasteiger partial charge in [0.2, 0.25) is 0 Å². The van der Waals surface area contributed by atoms with Crippen molar-refractivity contribution in [3.8, 4) is 0 Å². The highest BCUT2D eigenvalue weighted by Gasteiger charge is 2.34. The second kappa shape index (κ2) is 4.85. The molecule has 96 valence electrons. The van der Waals surface area contributed by atoms with Gasteiger partial charge in [-0.15, -0.1) is 0 Å². The number of hydrogen-bond donors (Lipinski definition) is 0. The average Bonchev–Trinajstić information content (AvgIpc) is 2.73. The van der Waals surface area contributed by atoms with Crippen molar-refractivity contribution in [1.29, 1.82) is 0 Å². The van der Waals surface area contributed by atoms with Crippen LogP contribution in [-0.4, -0.2) is 18.5 Å². The molecule has 2 unspecified atom stereocenters. The van der Waals surface area contributed by atoms with Crippen molar-refractivity contribution < 1.29 is 9.53 Å². The molecule has 1 aliphatic heterocycles. The Bertz CT molecular complexity index is 448. The summed E-state index contributed by atoms with van der Waals surface area (Å²) < 4.78 is 5.62. The van der Waals surface area contributed by atoms with Gasteiger partial charge in [0.25, 0.3) is 0 Å². The van der Waals surface area contributed by atoms with Crippen molar-refractivity contribution in [3.63, 3.8) is 0 Å². The first-order valence-corrected chi connectivity index (χ1v) is 7.02. The third-order valence-corrected chi connectivity index (χ3v) is 4.42. The van der Waals surface area contributed by atoms with Gasteiger partial charge in [-0.2, -0.15) is 0 Å². The summed E-state index contributed by atoms with van der Waals surface area (Å²) in [6, 6.07) is 8.11. The van der Waals surface area contributed by atoms with Crippen molar-refractivity contribution in [1.82, 2.24) is 0 Å². The van der Waals surface area contributed by atoms with Crippen LogP contribution in [0.15, 0.2) is 24.3 Å². The highest BCUT2D eigenvalue weighted by atomic mass is 16.5. The van der Waals surface area contributed by atoms with Crippen LogP contribution in [0.4, 0.5) is 0 Å². The van der Waals surface area contributed by atoms with Crippen molar-refractivity contribution in [3.05, 3.63) is 35.4 Å². The van der Waals surface area contributed by atoms with Crippen LogP contribution in [0, 0.1) is 5.92 Å². The highest BCUT2D eigenvalue weighted by molar-refractivity contribution is 6.01. The Kier molecular flexibility index (Phi) is 3.21. The van der Waals surface area contributed by atoms with Gasteiger partial charge >= 0.3 is 0 Å². The topological polar surface area (TPSA) is 26.3 Å². The SMILES string of the molecule is CC1CCOC1C(=O)c1ccccc1C1CCC1. The maximum Gasteiger partial charge on any atom is 0.192 e. The van der Waals surface area contributed by atoms with Gasteiger partial charge in [-0.1, -0.05) is 37.6 Å². The predicted molar refractivity (Wildman–Crippen MR) is 70.9 cm³/mol. The van der Waals surface area contributed by atoms with Crippen LogP contribution in [0.25, 0.3) is 0 Å². The molecule has 1 aliphatic carbocycles. The molecular formula is C16H20O2. The van der Waals surface area contributed by atoms with Crippen molar-refractivity contribution in [2.24, 2.45) is 5.92 Å². The van der Waals surface area contributed by atoms with E-state index in [4.69, 9.17) is 4.74 Å². The van der Waals surface area contributed by atoms with Crippen LogP contribution >= 0.6 is 0 Å². The fourth-order valence-corrected chi connectivity index (χ4v) is 2.98. The molecular weight excluding hydrogens is 224 g/mol. The fourth-order valence-electron chi connectivity index (χ4n) is 2.98. The van der Waals surface area contributed by atoms with Crippen LogP contribution in [-0.2, 0) is 4.74 Å². The van der Waals surface area contributed by atoms with Crippen LogP contribution in [0.5, 0.6) is 0 Å². The third-order valence-electron chi connectivity index (χ3n) is 4.42. The number of carbonyl (C=O) groups excluding carboxylic acids is 1. The molecule has 0 aromatic heterocycles. The summed E-state index contributed by atoms with van der Waals surface area (Å²) in [5.41, 5.74) is 2.15. The van der Waals surface area contributed by atoms with Gasteiger partial charge in [0.1, 0.15) is 6.10 Å². The molecule has 0 spiro atoms. The maximum absolute atomic E-state index is 12.6. The molecule has 2 atom stereocenters. The lowest BCUT2D eigenvalue weighted by Gasteiger charge is -2.28. The standard InChI is InChI=1S/C16H20O2/c1-11-9-10-18-16(11)15(17)14-8-3-2-7-13(14)12-5-4-6-12/h2-3,7-8,11-12,16H,4-6,9-10H2,1H3. The molecule has 1 saturated carbocycles. The van der Waals surface area contributed by atoms with Crippen molar-refractivity contribution >= 4 is 5.78 Å². The minimum atomic E-state index is -0.216. The van der Waals surface area contributed by atoms with E-state index in [1.165, 1.54) is 24.8 Å². The summed E-state index contributed by atoms with van der Waals surface area (Å²) in [6.07, 6.45) is 4.54. The second-order valence-corrected chi connectivity index (χ2v) is 5.64. The van der Waals surface area contributed by atoms with Crippen molar-refractivity contribution in [2.45, 2.75) is 44.6 Å². The molecule has 0 amide bonds. The largest absolute Gasteiger partial charge is 0.370 e. The van der Waals surface area contributed by atoms with Gasteiger partial charge in [0, 0.05) is 12.2 Å². The second-order valence-electron chi connectivity index (χ2n) is 5.64. The molecule has 2 heteroatoms. The lowest BCUT2D eigenvalue weighted by molar-refractivity contribution is 0.0577. The van der Waals surface area contributed by atoms with Gasteiger partial charge in [-0.05, 0) is 36.7 Å². The number of Topliss-reactive ketones (excluding diaryl/α,β-unsaturated/α-hetero) is 1. The Balaban J connectivity index is 1.88. The Morgan fingerprint density at radius 1 is 1.22 bits per heavy atom. The molecule has 0 radical (unpaired) electrons. The number of hydrogen-bond acceptors (Lipinski definition) is 2. The molecule has 1 saturated heterocycles. The Morgan fingerprint density at radius 3 is 2.61 bits per heavy atom.